The number of benzene rings is 1. The number of nitrogens with one attached hydrogen (secondary N) is 2. The first-order valence-electron chi connectivity index (χ1n) is 8.92. The summed E-state index contributed by atoms with van der Waals surface area (Å²) in [5, 5.41) is 5.94. The van der Waals surface area contributed by atoms with Gasteiger partial charge in [-0.1, -0.05) is 6.07 Å². The van der Waals surface area contributed by atoms with Gasteiger partial charge in [-0.2, -0.15) is 0 Å². The highest BCUT2D eigenvalue weighted by Gasteiger charge is 2.07. The van der Waals surface area contributed by atoms with Gasteiger partial charge in [0.25, 0.3) is 0 Å². The summed E-state index contributed by atoms with van der Waals surface area (Å²) in [6.07, 6.45) is 0. The number of hydrogen-bond acceptors (Lipinski definition) is 4. The van der Waals surface area contributed by atoms with Crippen molar-refractivity contribution < 1.29 is 14.3 Å². The van der Waals surface area contributed by atoms with Crippen molar-refractivity contribution in [1.29, 1.82) is 0 Å². The molecule has 0 heterocycles. The van der Waals surface area contributed by atoms with Gasteiger partial charge in [0.2, 0.25) is 5.91 Å². The fourth-order valence-corrected chi connectivity index (χ4v) is 2.39. The molecule has 0 saturated carbocycles. The van der Waals surface area contributed by atoms with Gasteiger partial charge in [-0.15, -0.1) is 24.0 Å². The molecule has 0 saturated heterocycles. The number of hydrogen-bond donors (Lipinski definition) is 2. The van der Waals surface area contributed by atoms with E-state index in [2.05, 4.69) is 35.5 Å². The topological polar surface area (TPSA) is 75.2 Å². The van der Waals surface area contributed by atoms with Gasteiger partial charge in [-0.25, -0.2) is 4.99 Å². The first kappa shape index (κ1) is 25.4. The second kappa shape index (κ2) is 14.5. The van der Waals surface area contributed by atoms with Crippen molar-refractivity contribution in [3.05, 3.63) is 29.3 Å². The normalized spacial score (nSPS) is 10.8. The quantitative estimate of drug-likeness (QED) is 0.226. The molecule has 8 heteroatoms. The molecule has 0 unspecified atom stereocenters. The van der Waals surface area contributed by atoms with E-state index >= 15 is 0 Å². The lowest BCUT2D eigenvalue weighted by Crippen LogP contribution is -2.41. The molecular weight excluding hydrogens is 459 g/mol. The summed E-state index contributed by atoms with van der Waals surface area (Å²) in [6.45, 7) is 9.08. The number of amides is 1. The molecule has 1 amide bonds. The second-order valence-corrected chi connectivity index (χ2v) is 6.11. The van der Waals surface area contributed by atoms with E-state index in [1.165, 1.54) is 11.1 Å². The number of guanidine groups is 1. The molecule has 0 fully saturated rings. The number of ether oxygens (including phenoxy) is 2. The Labute approximate surface area is 179 Å². The minimum Gasteiger partial charge on any atom is -0.492 e. The molecular formula is C19H33IN4O3. The average molecular weight is 492 g/mol. The lowest BCUT2D eigenvalue weighted by molar-refractivity contribution is -0.119. The van der Waals surface area contributed by atoms with Gasteiger partial charge in [0.15, 0.2) is 5.96 Å². The Balaban J connectivity index is 0.00000676. The first-order valence-corrected chi connectivity index (χ1v) is 8.92. The van der Waals surface area contributed by atoms with E-state index in [9.17, 15) is 4.79 Å². The Morgan fingerprint density at radius 2 is 1.81 bits per heavy atom. The van der Waals surface area contributed by atoms with E-state index in [4.69, 9.17) is 9.47 Å². The smallest absolute Gasteiger partial charge is 0.241 e. The van der Waals surface area contributed by atoms with Gasteiger partial charge < -0.3 is 25.0 Å². The Bertz CT molecular complexity index is 576. The molecule has 7 nitrogen and oxygen atoms in total. The van der Waals surface area contributed by atoms with Gasteiger partial charge in [0.1, 0.15) is 18.9 Å². The van der Waals surface area contributed by atoms with Crippen LogP contribution in [0.4, 0.5) is 0 Å². The van der Waals surface area contributed by atoms with Crippen LogP contribution in [0.25, 0.3) is 0 Å². The van der Waals surface area contributed by atoms with E-state index in [0.29, 0.717) is 32.3 Å². The van der Waals surface area contributed by atoms with Crippen LogP contribution in [0.2, 0.25) is 0 Å². The summed E-state index contributed by atoms with van der Waals surface area (Å²) < 4.78 is 10.7. The van der Waals surface area contributed by atoms with Crippen LogP contribution >= 0.6 is 24.0 Å². The Morgan fingerprint density at radius 3 is 2.41 bits per heavy atom. The molecule has 1 aromatic carbocycles. The number of carbonyl (C=O) groups is 1. The van der Waals surface area contributed by atoms with Crippen molar-refractivity contribution in [2.45, 2.75) is 20.8 Å². The van der Waals surface area contributed by atoms with Crippen LogP contribution in [0.1, 0.15) is 18.1 Å². The van der Waals surface area contributed by atoms with Gasteiger partial charge in [-0.3, -0.25) is 4.79 Å². The van der Waals surface area contributed by atoms with Crippen LogP contribution in [0, 0.1) is 13.8 Å². The third-order valence-corrected chi connectivity index (χ3v) is 3.59. The van der Waals surface area contributed by atoms with Crippen LogP contribution in [-0.2, 0) is 9.53 Å². The summed E-state index contributed by atoms with van der Waals surface area (Å²) >= 11 is 0. The van der Waals surface area contributed by atoms with E-state index in [1.807, 2.05) is 31.0 Å². The molecule has 0 radical (unpaired) electrons. The molecule has 0 atom stereocenters. The first-order chi connectivity index (χ1) is 12.5. The molecule has 2 N–H and O–H groups in total. The Hall–Kier alpha value is -1.55. The summed E-state index contributed by atoms with van der Waals surface area (Å²) in [6, 6.07) is 6.17. The third-order valence-electron chi connectivity index (χ3n) is 3.59. The maximum absolute atomic E-state index is 11.8. The molecule has 1 aromatic rings. The van der Waals surface area contributed by atoms with Crippen LogP contribution in [0.5, 0.6) is 5.75 Å². The molecule has 0 aliphatic carbocycles. The molecule has 0 aromatic heterocycles. The van der Waals surface area contributed by atoms with Gasteiger partial charge in [-0.05, 0) is 44.0 Å². The van der Waals surface area contributed by atoms with Crippen LogP contribution in [0.3, 0.4) is 0 Å². The summed E-state index contributed by atoms with van der Waals surface area (Å²) in [5.41, 5.74) is 2.37. The number of nitrogens with zero attached hydrogens (tertiary/aromatic N) is 2. The predicted molar refractivity (Wildman–Crippen MR) is 120 cm³/mol. The van der Waals surface area contributed by atoms with Crippen molar-refractivity contribution in [1.82, 2.24) is 15.5 Å². The Morgan fingerprint density at radius 1 is 1.15 bits per heavy atom. The standard InChI is InChI=1S/C19H32N4O3.HI/c1-6-20-19(22-14-18(24)21-7-9-25-5)23(4)8-10-26-17-12-15(2)11-16(3)13-17;/h11-13H,6-10,14H2,1-5H3,(H,20,22)(H,21,24);1H. The highest BCUT2D eigenvalue weighted by atomic mass is 127. The van der Waals surface area contributed by atoms with E-state index < -0.39 is 0 Å². The zero-order valence-electron chi connectivity index (χ0n) is 17.0. The summed E-state index contributed by atoms with van der Waals surface area (Å²) in [7, 11) is 3.53. The minimum absolute atomic E-state index is 0. The summed E-state index contributed by atoms with van der Waals surface area (Å²) in [5.74, 6) is 1.42. The fourth-order valence-electron chi connectivity index (χ4n) is 2.39. The van der Waals surface area contributed by atoms with Crippen molar-refractivity contribution in [2.75, 3.05) is 53.6 Å². The zero-order chi connectivity index (χ0) is 19.4. The molecule has 27 heavy (non-hydrogen) atoms. The summed E-state index contributed by atoms with van der Waals surface area (Å²) in [4.78, 5) is 18.1. The lowest BCUT2D eigenvalue weighted by atomic mass is 10.1. The van der Waals surface area contributed by atoms with Crippen molar-refractivity contribution >= 4 is 35.8 Å². The van der Waals surface area contributed by atoms with Crippen LogP contribution in [-0.4, -0.2) is 70.3 Å². The monoisotopic (exact) mass is 492 g/mol. The largest absolute Gasteiger partial charge is 0.492 e. The third kappa shape index (κ3) is 11.0. The van der Waals surface area contributed by atoms with Crippen LogP contribution < -0.4 is 15.4 Å². The van der Waals surface area contributed by atoms with Gasteiger partial charge >= 0.3 is 0 Å². The maximum Gasteiger partial charge on any atom is 0.241 e. The SMILES string of the molecule is CCNC(=NCC(=O)NCCOC)N(C)CCOc1cc(C)cc(C)c1.I. The zero-order valence-corrected chi connectivity index (χ0v) is 19.3. The van der Waals surface area contributed by atoms with E-state index in [1.54, 1.807) is 7.11 Å². The maximum atomic E-state index is 11.8. The molecule has 154 valence electrons. The van der Waals surface area contributed by atoms with Crippen molar-refractivity contribution in [3.8, 4) is 5.75 Å². The number of carbonyl (C=O) groups excluding carboxylic acids is 1. The molecule has 0 aliphatic rings. The number of methoxy groups -OCH3 is 1. The van der Waals surface area contributed by atoms with E-state index in [-0.39, 0.29) is 36.4 Å². The Kier molecular flexibility index (Phi) is 13.7. The second-order valence-electron chi connectivity index (χ2n) is 6.11. The highest BCUT2D eigenvalue weighted by molar-refractivity contribution is 14.0. The number of aryl methyl sites for hydroxylation is 2. The number of halogens is 1. The number of likely N-dealkylation sites (N-methyl/N-ethyl adjacent to an activating group) is 1. The highest BCUT2D eigenvalue weighted by Crippen LogP contribution is 2.15. The lowest BCUT2D eigenvalue weighted by Gasteiger charge is -2.22. The molecule has 1 rings (SSSR count). The van der Waals surface area contributed by atoms with Crippen molar-refractivity contribution in [2.24, 2.45) is 4.99 Å². The minimum atomic E-state index is -0.127. The number of rotatable bonds is 10. The predicted octanol–water partition coefficient (Wildman–Crippen LogP) is 1.96. The number of aliphatic imine (C=N–C) groups is 1. The van der Waals surface area contributed by atoms with Crippen molar-refractivity contribution in [3.63, 3.8) is 0 Å². The van der Waals surface area contributed by atoms with Gasteiger partial charge in [0, 0.05) is 27.2 Å². The molecule has 0 aliphatic heterocycles. The molecule has 0 spiro atoms. The van der Waals surface area contributed by atoms with Crippen LogP contribution in [0.15, 0.2) is 23.2 Å². The average Bonchev–Trinajstić information content (AvgIpc) is 2.57. The van der Waals surface area contributed by atoms with Gasteiger partial charge in [0.05, 0.1) is 13.2 Å². The molecule has 0 bridgehead atoms. The fraction of sp³-hybridized carbons (Fsp3) is 0.579. The van der Waals surface area contributed by atoms with E-state index in [0.717, 1.165) is 12.3 Å².